The lowest BCUT2D eigenvalue weighted by Crippen LogP contribution is -2.03. The molecule has 1 N–H and O–H groups in total. The number of nitrogens with one attached hydrogen (secondary N) is 1. The van der Waals surface area contributed by atoms with E-state index < -0.39 is 5.76 Å². The van der Waals surface area contributed by atoms with Crippen LogP contribution in [0.1, 0.15) is 31.5 Å². The van der Waals surface area contributed by atoms with Gasteiger partial charge in [0.25, 0.3) is 0 Å². The van der Waals surface area contributed by atoms with Gasteiger partial charge in [-0.05, 0) is 5.92 Å². The molecule has 1 aliphatic rings. The highest BCUT2D eigenvalue weighted by Gasteiger charge is 2.17. The predicted molar refractivity (Wildman–Crippen MR) is 42.8 cm³/mol. The standard InChI is InChI=1S/C8H12N2O2/c11-8-9-7(10-12-8)5-6-3-1-2-4-6/h6H,1-5H2,(H,9,10,11). The Morgan fingerprint density at radius 1 is 1.50 bits per heavy atom. The Morgan fingerprint density at radius 2 is 2.25 bits per heavy atom. The first-order valence-corrected chi connectivity index (χ1v) is 4.39. The lowest BCUT2D eigenvalue weighted by molar-refractivity contribution is 0.376. The SMILES string of the molecule is O=c1[nH]c(CC2CCCC2)no1. The van der Waals surface area contributed by atoms with Gasteiger partial charge in [-0.2, -0.15) is 0 Å². The summed E-state index contributed by atoms with van der Waals surface area (Å²) in [4.78, 5) is 13.1. The third kappa shape index (κ3) is 1.57. The Hall–Kier alpha value is -1.06. The fourth-order valence-electron chi connectivity index (χ4n) is 1.84. The number of rotatable bonds is 2. The van der Waals surface area contributed by atoms with Crippen molar-refractivity contribution >= 4 is 0 Å². The summed E-state index contributed by atoms with van der Waals surface area (Å²) in [6.45, 7) is 0. The summed E-state index contributed by atoms with van der Waals surface area (Å²) in [5.41, 5.74) is 0. The summed E-state index contributed by atoms with van der Waals surface area (Å²) in [5, 5.41) is 3.64. The Morgan fingerprint density at radius 3 is 2.83 bits per heavy atom. The molecule has 0 aliphatic heterocycles. The van der Waals surface area contributed by atoms with Gasteiger partial charge in [-0.1, -0.05) is 30.8 Å². The number of hydrogen-bond donors (Lipinski definition) is 1. The van der Waals surface area contributed by atoms with E-state index >= 15 is 0 Å². The Kier molecular flexibility index (Phi) is 1.98. The van der Waals surface area contributed by atoms with Crippen LogP contribution in [0.15, 0.2) is 9.32 Å². The summed E-state index contributed by atoms with van der Waals surface area (Å²) < 4.78 is 4.41. The van der Waals surface area contributed by atoms with Gasteiger partial charge < -0.3 is 0 Å². The number of hydrogen-bond acceptors (Lipinski definition) is 3. The van der Waals surface area contributed by atoms with Crippen LogP contribution in [0.25, 0.3) is 0 Å². The average molecular weight is 168 g/mol. The van der Waals surface area contributed by atoms with Crippen molar-refractivity contribution in [3.8, 4) is 0 Å². The minimum absolute atomic E-state index is 0.442. The molecule has 0 unspecified atom stereocenters. The van der Waals surface area contributed by atoms with Crippen molar-refractivity contribution in [2.45, 2.75) is 32.1 Å². The molecule has 2 rings (SSSR count). The van der Waals surface area contributed by atoms with Gasteiger partial charge in [-0.15, -0.1) is 0 Å². The van der Waals surface area contributed by atoms with Gasteiger partial charge >= 0.3 is 5.76 Å². The van der Waals surface area contributed by atoms with Crippen molar-refractivity contribution in [3.05, 3.63) is 16.4 Å². The first kappa shape index (κ1) is 7.58. The second-order valence-corrected chi connectivity index (χ2v) is 3.40. The molecule has 0 bridgehead atoms. The lowest BCUT2D eigenvalue weighted by atomic mass is 10.0. The fraction of sp³-hybridized carbons (Fsp3) is 0.750. The van der Waals surface area contributed by atoms with E-state index in [0.29, 0.717) is 11.7 Å². The molecular formula is C8H12N2O2. The highest BCUT2D eigenvalue weighted by molar-refractivity contribution is 4.83. The molecule has 1 fully saturated rings. The molecule has 4 nitrogen and oxygen atoms in total. The van der Waals surface area contributed by atoms with Crippen molar-refractivity contribution in [1.29, 1.82) is 0 Å². The first-order valence-electron chi connectivity index (χ1n) is 4.39. The van der Waals surface area contributed by atoms with E-state index in [4.69, 9.17) is 0 Å². The fourth-order valence-corrected chi connectivity index (χ4v) is 1.84. The van der Waals surface area contributed by atoms with Gasteiger partial charge in [0.15, 0.2) is 5.82 Å². The van der Waals surface area contributed by atoms with E-state index in [-0.39, 0.29) is 0 Å². The van der Waals surface area contributed by atoms with Gasteiger partial charge in [0.05, 0.1) is 0 Å². The second-order valence-electron chi connectivity index (χ2n) is 3.40. The topological polar surface area (TPSA) is 58.9 Å². The molecule has 1 aromatic heterocycles. The number of H-pyrrole nitrogens is 1. The van der Waals surface area contributed by atoms with Gasteiger partial charge in [-0.25, -0.2) is 4.79 Å². The minimum Gasteiger partial charge on any atom is -0.296 e. The summed E-state index contributed by atoms with van der Waals surface area (Å²) >= 11 is 0. The Bertz CT molecular complexity index is 296. The molecule has 0 atom stereocenters. The quantitative estimate of drug-likeness (QED) is 0.719. The van der Waals surface area contributed by atoms with E-state index in [9.17, 15) is 4.79 Å². The molecule has 0 amide bonds. The second kappa shape index (κ2) is 3.13. The monoisotopic (exact) mass is 168 g/mol. The molecule has 1 aromatic rings. The molecule has 12 heavy (non-hydrogen) atoms. The van der Waals surface area contributed by atoms with Crippen molar-refractivity contribution in [3.63, 3.8) is 0 Å². The Labute approximate surface area is 70.0 Å². The van der Waals surface area contributed by atoms with Crippen molar-refractivity contribution in [1.82, 2.24) is 10.1 Å². The summed E-state index contributed by atoms with van der Waals surface area (Å²) in [6, 6.07) is 0. The van der Waals surface area contributed by atoms with Gasteiger partial charge in [0, 0.05) is 6.42 Å². The van der Waals surface area contributed by atoms with Crippen molar-refractivity contribution in [2.24, 2.45) is 5.92 Å². The van der Waals surface area contributed by atoms with E-state index in [1.165, 1.54) is 25.7 Å². The van der Waals surface area contributed by atoms with Crippen LogP contribution in [-0.4, -0.2) is 10.1 Å². The molecular weight excluding hydrogens is 156 g/mol. The zero-order valence-corrected chi connectivity index (χ0v) is 6.88. The molecule has 0 radical (unpaired) electrons. The Balaban J connectivity index is 1.98. The third-order valence-electron chi connectivity index (χ3n) is 2.44. The van der Waals surface area contributed by atoms with E-state index in [1.807, 2.05) is 0 Å². The lowest BCUT2D eigenvalue weighted by Gasteiger charge is -2.02. The van der Waals surface area contributed by atoms with Crippen LogP contribution in [0.2, 0.25) is 0 Å². The molecule has 1 heterocycles. The molecule has 0 aromatic carbocycles. The largest absolute Gasteiger partial charge is 0.438 e. The van der Waals surface area contributed by atoms with Crippen LogP contribution in [0.3, 0.4) is 0 Å². The summed E-state index contributed by atoms with van der Waals surface area (Å²) in [7, 11) is 0. The van der Waals surface area contributed by atoms with Crippen LogP contribution in [-0.2, 0) is 6.42 Å². The zero-order valence-electron chi connectivity index (χ0n) is 6.88. The average Bonchev–Trinajstić information content (AvgIpc) is 2.63. The first-order chi connectivity index (χ1) is 5.84. The highest BCUT2D eigenvalue weighted by Crippen LogP contribution is 2.26. The van der Waals surface area contributed by atoms with Crippen LogP contribution in [0, 0.1) is 5.92 Å². The number of aromatic nitrogens is 2. The maximum Gasteiger partial charge on any atom is 0.438 e. The summed E-state index contributed by atoms with van der Waals surface area (Å²) in [5.74, 6) is 0.959. The van der Waals surface area contributed by atoms with Crippen molar-refractivity contribution < 1.29 is 4.52 Å². The van der Waals surface area contributed by atoms with Gasteiger partial charge in [0.1, 0.15) is 0 Å². The smallest absolute Gasteiger partial charge is 0.296 e. The molecule has 0 saturated heterocycles. The normalized spacial score (nSPS) is 18.7. The van der Waals surface area contributed by atoms with Gasteiger partial charge in [0.2, 0.25) is 0 Å². The highest BCUT2D eigenvalue weighted by atomic mass is 16.5. The molecule has 0 spiro atoms. The maximum absolute atomic E-state index is 10.6. The number of nitrogens with zero attached hydrogens (tertiary/aromatic N) is 1. The van der Waals surface area contributed by atoms with E-state index in [0.717, 1.165) is 6.42 Å². The van der Waals surface area contributed by atoms with Crippen molar-refractivity contribution in [2.75, 3.05) is 0 Å². The minimum atomic E-state index is -0.442. The molecule has 66 valence electrons. The van der Waals surface area contributed by atoms with Crippen LogP contribution >= 0.6 is 0 Å². The predicted octanol–water partition coefficient (Wildman–Crippen LogP) is 1.10. The van der Waals surface area contributed by atoms with E-state index in [2.05, 4.69) is 14.7 Å². The van der Waals surface area contributed by atoms with Crippen LogP contribution in [0.4, 0.5) is 0 Å². The van der Waals surface area contributed by atoms with Crippen LogP contribution < -0.4 is 5.76 Å². The van der Waals surface area contributed by atoms with E-state index in [1.54, 1.807) is 0 Å². The summed E-state index contributed by atoms with van der Waals surface area (Å²) in [6.07, 6.45) is 6.01. The molecule has 1 aliphatic carbocycles. The van der Waals surface area contributed by atoms with Crippen LogP contribution in [0.5, 0.6) is 0 Å². The van der Waals surface area contributed by atoms with Gasteiger partial charge in [-0.3, -0.25) is 9.51 Å². The maximum atomic E-state index is 10.6. The molecule has 4 heteroatoms. The number of aromatic amines is 1. The molecule has 1 saturated carbocycles. The third-order valence-corrected chi connectivity index (χ3v) is 2.44. The zero-order chi connectivity index (χ0) is 8.39.